The summed E-state index contributed by atoms with van der Waals surface area (Å²) in [6, 6.07) is 2.44. The zero-order valence-electron chi connectivity index (χ0n) is 9.17. The van der Waals surface area contributed by atoms with Crippen LogP contribution in [0.4, 0.5) is 4.39 Å². The van der Waals surface area contributed by atoms with Crippen molar-refractivity contribution in [2.75, 3.05) is 7.11 Å². The Labute approximate surface area is 88.7 Å². The van der Waals surface area contributed by atoms with Crippen LogP contribution in [0.15, 0.2) is 12.1 Å². The standard InChI is InChI=1S/C11H16FNO2/c1-11(2,13)6-8-9(12)4-7(14)5-10(8)15-3/h4-5,14H,6,13H2,1-3H3. The molecule has 0 aliphatic carbocycles. The van der Waals surface area contributed by atoms with Gasteiger partial charge in [0.2, 0.25) is 0 Å². The van der Waals surface area contributed by atoms with E-state index in [1.165, 1.54) is 13.2 Å². The minimum Gasteiger partial charge on any atom is -0.508 e. The summed E-state index contributed by atoms with van der Waals surface area (Å²) >= 11 is 0. The molecule has 84 valence electrons. The average Bonchev–Trinajstić information content (AvgIpc) is 2.07. The highest BCUT2D eigenvalue weighted by molar-refractivity contribution is 5.42. The molecule has 0 radical (unpaired) electrons. The van der Waals surface area contributed by atoms with Crippen LogP contribution in [0.1, 0.15) is 19.4 Å². The van der Waals surface area contributed by atoms with Gasteiger partial charge in [-0.05, 0) is 20.3 Å². The van der Waals surface area contributed by atoms with Crippen molar-refractivity contribution in [1.29, 1.82) is 0 Å². The lowest BCUT2D eigenvalue weighted by Crippen LogP contribution is -2.34. The van der Waals surface area contributed by atoms with E-state index in [0.29, 0.717) is 17.7 Å². The molecule has 0 saturated heterocycles. The number of rotatable bonds is 3. The number of ether oxygens (including phenoxy) is 1. The molecule has 15 heavy (non-hydrogen) atoms. The van der Waals surface area contributed by atoms with E-state index in [1.807, 2.05) is 0 Å². The van der Waals surface area contributed by atoms with Gasteiger partial charge in [0.25, 0.3) is 0 Å². The molecule has 0 unspecified atom stereocenters. The molecule has 1 aromatic rings. The Morgan fingerprint density at radius 1 is 1.47 bits per heavy atom. The molecular formula is C11H16FNO2. The molecule has 0 aliphatic rings. The van der Waals surface area contributed by atoms with Crippen LogP contribution in [-0.2, 0) is 6.42 Å². The number of halogens is 1. The highest BCUT2D eigenvalue weighted by atomic mass is 19.1. The third-order valence-corrected chi connectivity index (χ3v) is 1.99. The van der Waals surface area contributed by atoms with E-state index in [0.717, 1.165) is 6.07 Å². The second kappa shape index (κ2) is 4.06. The molecule has 1 aromatic carbocycles. The van der Waals surface area contributed by atoms with Crippen molar-refractivity contribution >= 4 is 0 Å². The highest BCUT2D eigenvalue weighted by Gasteiger charge is 2.19. The van der Waals surface area contributed by atoms with Crippen LogP contribution < -0.4 is 10.5 Å². The van der Waals surface area contributed by atoms with Crippen LogP contribution in [0.25, 0.3) is 0 Å². The van der Waals surface area contributed by atoms with E-state index in [1.54, 1.807) is 13.8 Å². The summed E-state index contributed by atoms with van der Waals surface area (Å²) in [5, 5.41) is 9.20. The Hall–Kier alpha value is -1.29. The Kier molecular flexibility index (Phi) is 3.19. The first kappa shape index (κ1) is 11.8. The van der Waals surface area contributed by atoms with E-state index >= 15 is 0 Å². The third-order valence-electron chi connectivity index (χ3n) is 1.99. The number of hydrogen-bond acceptors (Lipinski definition) is 3. The average molecular weight is 213 g/mol. The lowest BCUT2D eigenvalue weighted by molar-refractivity contribution is 0.386. The molecule has 0 aromatic heterocycles. The quantitative estimate of drug-likeness (QED) is 0.805. The van der Waals surface area contributed by atoms with Crippen LogP contribution in [0, 0.1) is 5.82 Å². The first-order valence-corrected chi connectivity index (χ1v) is 4.68. The maximum Gasteiger partial charge on any atom is 0.133 e. The lowest BCUT2D eigenvalue weighted by atomic mass is 9.95. The largest absolute Gasteiger partial charge is 0.508 e. The van der Waals surface area contributed by atoms with E-state index in [-0.39, 0.29) is 5.75 Å². The van der Waals surface area contributed by atoms with Crippen molar-refractivity contribution in [3.8, 4) is 11.5 Å². The van der Waals surface area contributed by atoms with Gasteiger partial charge in [0.05, 0.1) is 7.11 Å². The number of phenolic OH excluding ortho intramolecular Hbond substituents is 1. The SMILES string of the molecule is COc1cc(O)cc(F)c1CC(C)(C)N. The second-order valence-corrected chi connectivity index (χ2v) is 4.27. The van der Waals surface area contributed by atoms with Crippen molar-refractivity contribution in [1.82, 2.24) is 0 Å². The van der Waals surface area contributed by atoms with Crippen molar-refractivity contribution in [3.63, 3.8) is 0 Å². The molecule has 0 atom stereocenters. The van der Waals surface area contributed by atoms with Gasteiger partial charge in [-0.15, -0.1) is 0 Å². The van der Waals surface area contributed by atoms with Gasteiger partial charge >= 0.3 is 0 Å². The highest BCUT2D eigenvalue weighted by Crippen LogP contribution is 2.29. The molecule has 3 nitrogen and oxygen atoms in total. The number of nitrogens with two attached hydrogens (primary N) is 1. The molecule has 4 heteroatoms. The summed E-state index contributed by atoms with van der Waals surface area (Å²) in [5.41, 5.74) is 5.68. The van der Waals surface area contributed by atoms with E-state index in [4.69, 9.17) is 10.5 Å². The summed E-state index contributed by atoms with van der Waals surface area (Å²) < 4.78 is 18.5. The predicted octanol–water partition coefficient (Wildman–Crippen LogP) is 1.82. The topological polar surface area (TPSA) is 55.5 Å². The molecule has 0 saturated carbocycles. The fourth-order valence-electron chi connectivity index (χ4n) is 1.41. The van der Waals surface area contributed by atoms with Gasteiger partial charge in [-0.1, -0.05) is 0 Å². The van der Waals surface area contributed by atoms with E-state index in [2.05, 4.69) is 0 Å². The maximum atomic E-state index is 13.5. The predicted molar refractivity (Wildman–Crippen MR) is 56.6 cm³/mol. The van der Waals surface area contributed by atoms with Gasteiger partial charge in [0.15, 0.2) is 0 Å². The second-order valence-electron chi connectivity index (χ2n) is 4.27. The summed E-state index contributed by atoms with van der Waals surface area (Å²) in [5.74, 6) is -0.320. The zero-order valence-corrected chi connectivity index (χ0v) is 9.17. The molecule has 3 N–H and O–H groups in total. The van der Waals surface area contributed by atoms with E-state index < -0.39 is 11.4 Å². The first-order chi connectivity index (χ1) is 6.83. The molecule has 0 heterocycles. The summed E-state index contributed by atoms with van der Waals surface area (Å²) in [7, 11) is 1.43. The van der Waals surface area contributed by atoms with Crippen molar-refractivity contribution in [2.24, 2.45) is 5.73 Å². The minimum atomic E-state index is -0.523. The van der Waals surface area contributed by atoms with Crippen LogP contribution in [0.2, 0.25) is 0 Å². The van der Waals surface area contributed by atoms with Gasteiger partial charge in [0.1, 0.15) is 17.3 Å². The maximum absolute atomic E-state index is 13.5. The molecular weight excluding hydrogens is 197 g/mol. The van der Waals surface area contributed by atoms with Gasteiger partial charge in [-0.3, -0.25) is 0 Å². The summed E-state index contributed by atoms with van der Waals surface area (Å²) in [6.07, 6.45) is 0.349. The Morgan fingerprint density at radius 2 is 2.07 bits per heavy atom. The van der Waals surface area contributed by atoms with E-state index in [9.17, 15) is 9.50 Å². The number of hydrogen-bond donors (Lipinski definition) is 2. The van der Waals surface area contributed by atoms with Crippen molar-refractivity contribution in [2.45, 2.75) is 25.8 Å². The normalized spacial score (nSPS) is 11.5. The third kappa shape index (κ3) is 3.09. The number of phenols is 1. The minimum absolute atomic E-state index is 0.150. The fourth-order valence-corrected chi connectivity index (χ4v) is 1.41. The summed E-state index contributed by atoms with van der Waals surface area (Å²) in [4.78, 5) is 0. The zero-order chi connectivity index (χ0) is 11.6. The van der Waals surface area contributed by atoms with Gasteiger partial charge in [-0.2, -0.15) is 0 Å². The number of methoxy groups -OCH3 is 1. The van der Waals surface area contributed by atoms with Gasteiger partial charge in [0, 0.05) is 23.2 Å². The van der Waals surface area contributed by atoms with Crippen molar-refractivity contribution < 1.29 is 14.2 Å². The first-order valence-electron chi connectivity index (χ1n) is 4.68. The summed E-state index contributed by atoms with van der Waals surface area (Å²) in [6.45, 7) is 3.61. The number of benzene rings is 1. The van der Waals surface area contributed by atoms with Gasteiger partial charge in [-0.25, -0.2) is 4.39 Å². The molecule has 0 aliphatic heterocycles. The van der Waals surface area contributed by atoms with Crippen LogP contribution >= 0.6 is 0 Å². The van der Waals surface area contributed by atoms with Crippen molar-refractivity contribution in [3.05, 3.63) is 23.5 Å². The van der Waals surface area contributed by atoms with Crippen LogP contribution in [0.5, 0.6) is 11.5 Å². The van der Waals surface area contributed by atoms with Crippen LogP contribution in [0.3, 0.4) is 0 Å². The number of aromatic hydroxyl groups is 1. The van der Waals surface area contributed by atoms with Gasteiger partial charge < -0.3 is 15.6 Å². The Bertz CT molecular complexity index is 358. The van der Waals surface area contributed by atoms with Crippen LogP contribution in [-0.4, -0.2) is 17.8 Å². The monoisotopic (exact) mass is 213 g/mol. The molecule has 1 rings (SSSR count). The lowest BCUT2D eigenvalue weighted by Gasteiger charge is -2.20. The molecule has 0 bridgehead atoms. The molecule has 0 fully saturated rings. The smallest absolute Gasteiger partial charge is 0.133 e. The Morgan fingerprint density at radius 3 is 2.53 bits per heavy atom. The Balaban J connectivity index is 3.15. The fraction of sp³-hybridized carbons (Fsp3) is 0.455. The molecule has 0 amide bonds. The molecule has 0 spiro atoms.